The van der Waals surface area contributed by atoms with E-state index in [2.05, 4.69) is 36.3 Å². The summed E-state index contributed by atoms with van der Waals surface area (Å²) in [6.45, 7) is 3.65. The molecule has 0 spiro atoms. The minimum atomic E-state index is -0.252. The molecule has 1 aromatic carbocycles. The number of carbonyl (C=O) groups is 1. The first-order valence-electron chi connectivity index (χ1n) is 8.44. The number of aryl methyl sites for hydroxylation is 2. The molecular weight excluding hydrogens is 304 g/mol. The van der Waals surface area contributed by atoms with Crippen LogP contribution in [0.15, 0.2) is 35.4 Å². The highest BCUT2D eigenvalue weighted by molar-refractivity contribution is 5.75. The summed E-state index contributed by atoms with van der Waals surface area (Å²) >= 11 is 0. The largest absolute Gasteiger partial charge is 0.345 e. The van der Waals surface area contributed by atoms with E-state index in [1.54, 1.807) is 7.05 Å². The zero-order chi connectivity index (χ0) is 17.1. The first-order chi connectivity index (χ1) is 11.5. The van der Waals surface area contributed by atoms with Gasteiger partial charge in [0.2, 0.25) is 5.91 Å². The standard InChI is InChI=1S/C18H24N4O2/c1-14-3-5-15(6-4-14)11-16-7-9-21(10-8-16)17(23)12-22-18(24)20(2)13-19-22/h3-6,13,16H,7-12H2,1-2H3. The third-order valence-corrected chi connectivity index (χ3v) is 4.78. The highest BCUT2D eigenvalue weighted by atomic mass is 16.2. The molecule has 1 saturated heterocycles. The van der Waals surface area contributed by atoms with Gasteiger partial charge in [-0.3, -0.25) is 9.36 Å². The molecule has 6 heteroatoms. The number of nitrogens with zero attached hydrogens (tertiary/aromatic N) is 4. The summed E-state index contributed by atoms with van der Waals surface area (Å²) in [4.78, 5) is 26.0. The maximum absolute atomic E-state index is 12.3. The molecule has 128 valence electrons. The van der Waals surface area contributed by atoms with Gasteiger partial charge in [-0.25, -0.2) is 9.48 Å². The molecule has 24 heavy (non-hydrogen) atoms. The van der Waals surface area contributed by atoms with E-state index in [0.29, 0.717) is 5.92 Å². The van der Waals surface area contributed by atoms with Crippen molar-refractivity contribution in [1.29, 1.82) is 0 Å². The van der Waals surface area contributed by atoms with Crippen molar-refractivity contribution in [3.63, 3.8) is 0 Å². The fraction of sp³-hybridized carbons (Fsp3) is 0.500. The van der Waals surface area contributed by atoms with Crippen LogP contribution in [-0.4, -0.2) is 38.2 Å². The highest BCUT2D eigenvalue weighted by Crippen LogP contribution is 2.22. The molecule has 1 amide bonds. The molecule has 1 aliphatic heterocycles. The van der Waals surface area contributed by atoms with Crippen LogP contribution in [-0.2, 0) is 24.8 Å². The zero-order valence-corrected chi connectivity index (χ0v) is 14.3. The van der Waals surface area contributed by atoms with E-state index in [1.165, 1.54) is 26.7 Å². The first kappa shape index (κ1) is 16.5. The summed E-state index contributed by atoms with van der Waals surface area (Å²) in [5.41, 5.74) is 2.40. The molecule has 2 aromatic rings. The lowest BCUT2D eigenvalue weighted by Gasteiger charge is -2.32. The second kappa shape index (κ2) is 7.03. The van der Waals surface area contributed by atoms with Crippen LogP contribution in [0.1, 0.15) is 24.0 Å². The Hall–Kier alpha value is -2.37. The van der Waals surface area contributed by atoms with Crippen LogP contribution in [0, 0.1) is 12.8 Å². The van der Waals surface area contributed by atoms with Crippen molar-refractivity contribution in [2.45, 2.75) is 32.7 Å². The molecular formula is C18H24N4O2. The maximum Gasteiger partial charge on any atom is 0.345 e. The third kappa shape index (κ3) is 3.75. The maximum atomic E-state index is 12.3. The fourth-order valence-electron chi connectivity index (χ4n) is 3.20. The summed E-state index contributed by atoms with van der Waals surface area (Å²) in [5, 5.41) is 3.95. The van der Waals surface area contributed by atoms with E-state index >= 15 is 0 Å². The van der Waals surface area contributed by atoms with Crippen LogP contribution in [0.4, 0.5) is 0 Å². The Balaban J connectivity index is 1.51. The quantitative estimate of drug-likeness (QED) is 0.852. The minimum absolute atomic E-state index is 0.0235. The lowest BCUT2D eigenvalue weighted by Crippen LogP contribution is -2.42. The van der Waals surface area contributed by atoms with Crippen LogP contribution in [0.5, 0.6) is 0 Å². The number of hydrogen-bond donors (Lipinski definition) is 0. The van der Waals surface area contributed by atoms with Gasteiger partial charge in [0.05, 0.1) is 0 Å². The van der Waals surface area contributed by atoms with Crippen molar-refractivity contribution in [3.05, 3.63) is 52.2 Å². The van der Waals surface area contributed by atoms with E-state index < -0.39 is 0 Å². The molecule has 1 fully saturated rings. The van der Waals surface area contributed by atoms with Gasteiger partial charge in [-0.15, -0.1) is 0 Å². The Bertz CT molecular complexity index is 752. The van der Waals surface area contributed by atoms with Crippen molar-refractivity contribution in [3.8, 4) is 0 Å². The second-order valence-electron chi connectivity index (χ2n) is 6.70. The SMILES string of the molecule is Cc1ccc(CC2CCN(C(=O)Cn3ncn(C)c3=O)CC2)cc1. The molecule has 0 atom stereocenters. The van der Waals surface area contributed by atoms with Gasteiger partial charge in [0.1, 0.15) is 12.9 Å². The Morgan fingerprint density at radius 3 is 2.46 bits per heavy atom. The number of likely N-dealkylation sites (tertiary alicyclic amines) is 1. The molecule has 1 aliphatic rings. The number of carbonyl (C=O) groups excluding carboxylic acids is 1. The predicted molar refractivity (Wildman–Crippen MR) is 91.7 cm³/mol. The van der Waals surface area contributed by atoms with Crippen LogP contribution in [0.3, 0.4) is 0 Å². The third-order valence-electron chi connectivity index (χ3n) is 4.78. The second-order valence-corrected chi connectivity index (χ2v) is 6.70. The van der Waals surface area contributed by atoms with Crippen molar-refractivity contribution in [2.75, 3.05) is 13.1 Å². The van der Waals surface area contributed by atoms with Crippen LogP contribution in [0.2, 0.25) is 0 Å². The topological polar surface area (TPSA) is 60.1 Å². The van der Waals surface area contributed by atoms with Crippen LogP contribution >= 0.6 is 0 Å². The van der Waals surface area contributed by atoms with Crippen molar-refractivity contribution in [1.82, 2.24) is 19.2 Å². The van der Waals surface area contributed by atoms with Crippen LogP contribution in [0.25, 0.3) is 0 Å². The monoisotopic (exact) mass is 328 g/mol. The van der Waals surface area contributed by atoms with Gasteiger partial charge in [-0.05, 0) is 37.7 Å². The van der Waals surface area contributed by atoms with Gasteiger partial charge in [-0.2, -0.15) is 5.10 Å². The number of aromatic nitrogens is 3. The summed E-state index contributed by atoms with van der Waals surface area (Å²) in [5.74, 6) is 0.596. The molecule has 0 bridgehead atoms. The molecule has 2 heterocycles. The summed E-state index contributed by atoms with van der Waals surface area (Å²) < 4.78 is 2.60. The van der Waals surface area contributed by atoms with E-state index in [0.717, 1.165) is 32.4 Å². The lowest BCUT2D eigenvalue weighted by molar-refractivity contribution is -0.133. The van der Waals surface area contributed by atoms with Crippen LogP contribution < -0.4 is 5.69 Å². The fourth-order valence-corrected chi connectivity index (χ4v) is 3.20. The Morgan fingerprint density at radius 2 is 1.88 bits per heavy atom. The van der Waals surface area contributed by atoms with Gasteiger partial charge < -0.3 is 4.90 Å². The molecule has 3 rings (SSSR count). The normalized spacial score (nSPS) is 15.7. The molecule has 0 saturated carbocycles. The van der Waals surface area contributed by atoms with E-state index in [-0.39, 0.29) is 18.1 Å². The van der Waals surface area contributed by atoms with E-state index in [9.17, 15) is 9.59 Å². The predicted octanol–water partition coefficient (Wildman–Crippen LogP) is 1.37. The van der Waals surface area contributed by atoms with Crippen molar-refractivity contribution >= 4 is 5.91 Å². The number of amides is 1. The summed E-state index contributed by atoms with van der Waals surface area (Å²) in [7, 11) is 1.63. The molecule has 0 unspecified atom stereocenters. The van der Waals surface area contributed by atoms with Gasteiger partial charge in [0, 0.05) is 20.1 Å². The Morgan fingerprint density at radius 1 is 1.21 bits per heavy atom. The molecule has 0 aliphatic carbocycles. The van der Waals surface area contributed by atoms with Gasteiger partial charge in [0.15, 0.2) is 0 Å². The van der Waals surface area contributed by atoms with E-state index in [4.69, 9.17) is 0 Å². The van der Waals surface area contributed by atoms with Crippen molar-refractivity contribution in [2.24, 2.45) is 13.0 Å². The summed E-state index contributed by atoms with van der Waals surface area (Å²) in [6, 6.07) is 8.69. The first-order valence-corrected chi connectivity index (χ1v) is 8.44. The molecule has 1 aromatic heterocycles. The van der Waals surface area contributed by atoms with Gasteiger partial charge in [0.25, 0.3) is 0 Å². The number of hydrogen-bond acceptors (Lipinski definition) is 3. The highest BCUT2D eigenvalue weighted by Gasteiger charge is 2.23. The van der Waals surface area contributed by atoms with E-state index in [1.807, 2.05) is 4.90 Å². The zero-order valence-electron chi connectivity index (χ0n) is 14.3. The van der Waals surface area contributed by atoms with Gasteiger partial charge in [-0.1, -0.05) is 29.8 Å². The Labute approximate surface area is 141 Å². The molecule has 0 N–H and O–H groups in total. The van der Waals surface area contributed by atoms with Crippen molar-refractivity contribution < 1.29 is 4.79 Å². The number of rotatable bonds is 4. The summed E-state index contributed by atoms with van der Waals surface area (Å²) in [6.07, 6.45) is 4.53. The number of piperidine rings is 1. The van der Waals surface area contributed by atoms with Gasteiger partial charge >= 0.3 is 5.69 Å². The molecule has 0 radical (unpaired) electrons. The average molecular weight is 328 g/mol. The smallest absolute Gasteiger partial charge is 0.341 e. The lowest BCUT2D eigenvalue weighted by atomic mass is 9.90. The Kier molecular flexibility index (Phi) is 4.83. The minimum Gasteiger partial charge on any atom is -0.341 e. The number of benzene rings is 1. The molecule has 6 nitrogen and oxygen atoms in total. The average Bonchev–Trinajstić information content (AvgIpc) is 2.90.